The molecule has 46 valence electrons. The molecular weight excluding hydrogens is 124 g/mol. The molecule has 0 aliphatic rings. The van der Waals surface area contributed by atoms with Crippen molar-refractivity contribution in [2.45, 2.75) is 6.92 Å². The van der Waals surface area contributed by atoms with E-state index >= 15 is 0 Å². The summed E-state index contributed by atoms with van der Waals surface area (Å²) >= 11 is 5.54. The van der Waals surface area contributed by atoms with Gasteiger partial charge in [0.1, 0.15) is 5.17 Å². The Morgan fingerprint density at radius 2 is 1.75 bits per heavy atom. The van der Waals surface area contributed by atoms with E-state index in [1.165, 1.54) is 0 Å². The average Bonchev–Trinajstić information content (AvgIpc) is 1.84. The Labute approximate surface area is 54.3 Å². The Hall–Kier alpha value is -0.370. The molecule has 0 radical (unpaired) electrons. The topological polar surface area (TPSA) is 24.7 Å². The monoisotopic (exact) mass is 132 g/mol. The first kappa shape index (κ1) is 7.63. The molecule has 0 aromatic carbocycles. The highest BCUT2D eigenvalue weighted by Crippen LogP contribution is 1.87. The molecule has 0 rings (SSSR count). The molecule has 0 heterocycles. The van der Waals surface area contributed by atoms with Gasteiger partial charge in [-0.15, -0.1) is 0 Å². The second kappa shape index (κ2) is 3.61. The lowest BCUT2D eigenvalue weighted by molar-refractivity contribution is 1.42. The molecule has 0 unspecified atom stereocenters. The maximum atomic E-state index is 5.54. The third-order valence-electron chi connectivity index (χ3n) is 0.830. The average molecular weight is 133 g/mol. The molecule has 0 aliphatic heterocycles. The molecule has 0 fully saturated rings. The van der Waals surface area contributed by atoms with Crippen molar-refractivity contribution < 1.29 is 0 Å². The van der Waals surface area contributed by atoms with Gasteiger partial charge in [0.2, 0.25) is 0 Å². The molecular formula is C5H9ClN2. The molecule has 0 atom stereocenters. The fraction of sp³-hybridized carbons (Fsp3) is 0.600. The summed E-state index contributed by atoms with van der Waals surface area (Å²) in [4.78, 5) is 7.52. The van der Waals surface area contributed by atoms with E-state index in [-0.39, 0.29) is 0 Å². The summed E-state index contributed by atoms with van der Waals surface area (Å²) in [5.74, 6) is 0. The molecule has 0 saturated heterocycles. The van der Waals surface area contributed by atoms with Crippen LogP contribution in [0.3, 0.4) is 0 Å². The zero-order valence-electron chi connectivity index (χ0n) is 5.27. The molecule has 0 spiro atoms. The van der Waals surface area contributed by atoms with Crippen molar-refractivity contribution in [1.29, 1.82) is 0 Å². The summed E-state index contributed by atoms with van der Waals surface area (Å²) in [6, 6.07) is 0. The van der Waals surface area contributed by atoms with Gasteiger partial charge in [-0.3, -0.25) is 9.98 Å². The van der Waals surface area contributed by atoms with Crippen LogP contribution in [0.15, 0.2) is 9.98 Å². The van der Waals surface area contributed by atoms with Crippen molar-refractivity contribution in [2.24, 2.45) is 9.98 Å². The predicted octanol–water partition coefficient (Wildman–Crippen LogP) is 1.34. The van der Waals surface area contributed by atoms with Crippen LogP contribution in [0.5, 0.6) is 0 Å². The molecule has 0 aliphatic carbocycles. The summed E-state index contributed by atoms with van der Waals surface area (Å²) in [7, 11) is 3.32. The van der Waals surface area contributed by atoms with Crippen molar-refractivity contribution >= 4 is 22.5 Å². The molecule has 0 saturated carbocycles. The van der Waals surface area contributed by atoms with Crippen molar-refractivity contribution in [3.05, 3.63) is 0 Å². The van der Waals surface area contributed by atoms with Crippen molar-refractivity contribution in [2.75, 3.05) is 14.1 Å². The zero-order chi connectivity index (χ0) is 6.57. The van der Waals surface area contributed by atoms with Crippen LogP contribution in [0, 0.1) is 0 Å². The van der Waals surface area contributed by atoms with Gasteiger partial charge in [-0.25, -0.2) is 0 Å². The zero-order valence-corrected chi connectivity index (χ0v) is 6.03. The highest BCUT2D eigenvalue weighted by Gasteiger charge is 1.92. The Kier molecular flexibility index (Phi) is 3.44. The summed E-state index contributed by atoms with van der Waals surface area (Å²) in [5, 5.41) is 0.479. The molecule has 0 N–H and O–H groups in total. The summed E-state index contributed by atoms with van der Waals surface area (Å²) < 4.78 is 0. The predicted molar refractivity (Wildman–Crippen MR) is 38.2 cm³/mol. The lowest BCUT2D eigenvalue weighted by Gasteiger charge is -1.89. The number of hydrogen-bond donors (Lipinski definition) is 0. The first-order valence-electron chi connectivity index (χ1n) is 2.28. The van der Waals surface area contributed by atoms with Crippen LogP contribution in [-0.2, 0) is 0 Å². The van der Waals surface area contributed by atoms with E-state index < -0.39 is 0 Å². The van der Waals surface area contributed by atoms with E-state index in [0.29, 0.717) is 5.17 Å². The number of nitrogens with zero attached hydrogens (tertiary/aromatic N) is 2. The maximum absolute atomic E-state index is 5.54. The van der Waals surface area contributed by atoms with Crippen LogP contribution in [0.2, 0.25) is 0 Å². The van der Waals surface area contributed by atoms with Gasteiger partial charge in [0.25, 0.3) is 0 Å². The van der Waals surface area contributed by atoms with Crippen LogP contribution in [0.1, 0.15) is 6.92 Å². The largest absolute Gasteiger partial charge is 0.290 e. The number of rotatable bonds is 1. The molecule has 0 aromatic rings. The van der Waals surface area contributed by atoms with Crippen molar-refractivity contribution in [3.63, 3.8) is 0 Å². The van der Waals surface area contributed by atoms with Gasteiger partial charge in [-0.2, -0.15) is 0 Å². The van der Waals surface area contributed by atoms with Gasteiger partial charge < -0.3 is 0 Å². The Morgan fingerprint density at radius 3 is 1.88 bits per heavy atom. The fourth-order valence-corrected chi connectivity index (χ4v) is 0.339. The SMILES string of the molecule is CN=C(C)C(Cl)=NC. The van der Waals surface area contributed by atoms with Gasteiger partial charge in [0.05, 0.1) is 5.71 Å². The second-order valence-electron chi connectivity index (χ2n) is 1.32. The summed E-state index contributed by atoms with van der Waals surface area (Å²) in [6.45, 7) is 1.81. The Balaban J connectivity index is 4.04. The fourth-order valence-electron chi connectivity index (χ4n) is 0.254. The van der Waals surface area contributed by atoms with Crippen molar-refractivity contribution in [3.8, 4) is 0 Å². The third kappa shape index (κ3) is 2.07. The standard InChI is InChI=1S/C5H9ClN2/c1-4(7-2)5(6)8-3/h1-3H3. The highest BCUT2D eigenvalue weighted by atomic mass is 35.5. The van der Waals surface area contributed by atoms with E-state index in [0.717, 1.165) is 5.71 Å². The van der Waals surface area contributed by atoms with Gasteiger partial charge in [-0.05, 0) is 6.92 Å². The van der Waals surface area contributed by atoms with Crippen LogP contribution in [0.4, 0.5) is 0 Å². The van der Waals surface area contributed by atoms with E-state index in [2.05, 4.69) is 9.98 Å². The van der Waals surface area contributed by atoms with E-state index in [9.17, 15) is 0 Å². The van der Waals surface area contributed by atoms with Crippen LogP contribution >= 0.6 is 11.6 Å². The normalized spacial score (nSPS) is 14.5. The minimum atomic E-state index is 0.479. The quantitative estimate of drug-likeness (QED) is 0.481. The van der Waals surface area contributed by atoms with E-state index in [4.69, 9.17) is 11.6 Å². The third-order valence-corrected chi connectivity index (χ3v) is 1.27. The molecule has 0 bridgehead atoms. The second-order valence-corrected chi connectivity index (χ2v) is 1.68. The highest BCUT2D eigenvalue weighted by molar-refractivity contribution is 6.83. The Morgan fingerprint density at radius 1 is 1.25 bits per heavy atom. The summed E-state index contributed by atoms with van der Waals surface area (Å²) in [6.07, 6.45) is 0. The lowest BCUT2D eigenvalue weighted by Crippen LogP contribution is -2.00. The van der Waals surface area contributed by atoms with E-state index in [1.807, 2.05) is 6.92 Å². The number of halogens is 1. The molecule has 0 amide bonds. The number of aliphatic imine (C=N–C) groups is 2. The van der Waals surface area contributed by atoms with Gasteiger partial charge in [0, 0.05) is 14.1 Å². The molecule has 2 nitrogen and oxygen atoms in total. The molecule has 3 heteroatoms. The number of hydrogen-bond acceptors (Lipinski definition) is 2. The maximum Gasteiger partial charge on any atom is 0.144 e. The van der Waals surface area contributed by atoms with Crippen molar-refractivity contribution in [1.82, 2.24) is 0 Å². The molecule has 8 heavy (non-hydrogen) atoms. The van der Waals surface area contributed by atoms with Gasteiger partial charge in [-0.1, -0.05) is 11.6 Å². The van der Waals surface area contributed by atoms with Crippen LogP contribution in [0.25, 0.3) is 0 Å². The lowest BCUT2D eigenvalue weighted by atomic mass is 10.5. The van der Waals surface area contributed by atoms with Crippen LogP contribution in [-0.4, -0.2) is 25.0 Å². The minimum Gasteiger partial charge on any atom is -0.290 e. The van der Waals surface area contributed by atoms with E-state index in [1.54, 1.807) is 14.1 Å². The minimum absolute atomic E-state index is 0.479. The molecule has 0 aromatic heterocycles. The van der Waals surface area contributed by atoms with Gasteiger partial charge >= 0.3 is 0 Å². The smallest absolute Gasteiger partial charge is 0.144 e. The van der Waals surface area contributed by atoms with Crippen LogP contribution < -0.4 is 0 Å². The Bertz CT molecular complexity index is 110. The first-order valence-corrected chi connectivity index (χ1v) is 2.66. The van der Waals surface area contributed by atoms with Gasteiger partial charge in [0.15, 0.2) is 0 Å². The first-order chi connectivity index (χ1) is 3.72. The summed E-state index contributed by atoms with van der Waals surface area (Å²) in [5.41, 5.74) is 0.772.